The van der Waals surface area contributed by atoms with Gasteiger partial charge < -0.3 is 15.6 Å². The van der Waals surface area contributed by atoms with Crippen molar-refractivity contribution in [1.29, 1.82) is 0 Å². The topological polar surface area (TPSA) is 66.2 Å². The second-order valence-electron chi connectivity index (χ2n) is 2.23. The normalized spacial score (nSPS) is 16.8. The van der Waals surface area contributed by atoms with E-state index in [1.807, 2.05) is 6.92 Å². The van der Waals surface area contributed by atoms with Gasteiger partial charge in [-0.3, -0.25) is 0 Å². The van der Waals surface area contributed by atoms with Crippen molar-refractivity contribution in [2.45, 2.75) is 26.3 Å². The highest BCUT2D eigenvalue weighted by molar-refractivity contribution is 5.71. The Morgan fingerprint density at radius 2 is 2.22 bits per heavy atom. The van der Waals surface area contributed by atoms with Crippen molar-refractivity contribution < 1.29 is 9.90 Å². The van der Waals surface area contributed by atoms with Gasteiger partial charge in [-0.1, -0.05) is 20.3 Å². The molecular weight excluding hydrogens is 118 g/mol. The van der Waals surface area contributed by atoms with E-state index < -0.39 is 12.0 Å². The van der Waals surface area contributed by atoms with E-state index in [1.54, 1.807) is 6.92 Å². The van der Waals surface area contributed by atoms with E-state index in [-0.39, 0.29) is 5.92 Å². The maximum absolute atomic E-state index is 10.1. The Morgan fingerprint density at radius 1 is 1.78 bits per heavy atom. The smallest absolute Gasteiger partial charge is 0.0584 e. The van der Waals surface area contributed by atoms with E-state index >= 15 is 0 Å². The van der Waals surface area contributed by atoms with E-state index in [0.717, 1.165) is 6.42 Å². The van der Waals surface area contributed by atoms with Crippen LogP contribution in [0.15, 0.2) is 0 Å². The first-order valence-corrected chi connectivity index (χ1v) is 3.06. The zero-order chi connectivity index (χ0) is 7.44. The molecule has 54 valence electrons. The molecule has 2 atom stereocenters. The summed E-state index contributed by atoms with van der Waals surface area (Å²) in [5.74, 6) is -1.15. The van der Waals surface area contributed by atoms with Crippen LogP contribution in [0.4, 0.5) is 0 Å². The first-order valence-electron chi connectivity index (χ1n) is 3.06. The first kappa shape index (κ1) is 8.43. The summed E-state index contributed by atoms with van der Waals surface area (Å²) in [4.78, 5) is 10.1. The summed E-state index contributed by atoms with van der Waals surface area (Å²) in [5, 5.41) is 10.1. The molecule has 2 N–H and O–H groups in total. The molecule has 0 aliphatic carbocycles. The summed E-state index contributed by atoms with van der Waals surface area (Å²) in [6, 6.07) is -0.810. The van der Waals surface area contributed by atoms with Gasteiger partial charge in [-0.25, -0.2) is 0 Å². The number of nitrogens with two attached hydrogens (primary N) is 1. The van der Waals surface area contributed by atoms with Crippen molar-refractivity contribution in [3.8, 4) is 0 Å². The third-order valence-electron chi connectivity index (χ3n) is 1.53. The Balaban J connectivity index is 3.72. The van der Waals surface area contributed by atoms with Gasteiger partial charge in [0.2, 0.25) is 0 Å². The average molecular weight is 130 g/mol. The number of rotatable bonds is 3. The highest BCUT2D eigenvalue weighted by Crippen LogP contribution is 2.03. The molecule has 0 aliphatic rings. The Kier molecular flexibility index (Phi) is 3.24. The molecule has 0 aromatic rings. The van der Waals surface area contributed by atoms with Crippen molar-refractivity contribution >= 4 is 5.97 Å². The number of carbonyl (C=O) groups is 1. The molecule has 0 aromatic heterocycles. The third kappa shape index (κ3) is 2.46. The molecule has 0 heterocycles. The van der Waals surface area contributed by atoms with Gasteiger partial charge in [0.05, 0.1) is 5.97 Å². The average Bonchev–Trinajstić information content (AvgIpc) is 1.84. The first-order chi connectivity index (χ1) is 4.09. The van der Waals surface area contributed by atoms with E-state index in [9.17, 15) is 9.90 Å². The van der Waals surface area contributed by atoms with E-state index in [4.69, 9.17) is 5.73 Å². The van der Waals surface area contributed by atoms with Gasteiger partial charge in [0.1, 0.15) is 0 Å². The molecule has 0 aliphatic heterocycles. The van der Waals surface area contributed by atoms with Gasteiger partial charge in [-0.15, -0.1) is 0 Å². The summed E-state index contributed by atoms with van der Waals surface area (Å²) < 4.78 is 0. The summed E-state index contributed by atoms with van der Waals surface area (Å²) in [6.45, 7) is 3.69. The lowest BCUT2D eigenvalue weighted by molar-refractivity contribution is -0.308. The zero-order valence-corrected chi connectivity index (χ0v) is 5.76. The molecule has 2 unspecified atom stereocenters. The van der Waals surface area contributed by atoms with Crippen LogP contribution in [-0.4, -0.2) is 12.0 Å². The van der Waals surface area contributed by atoms with Crippen molar-refractivity contribution in [3.63, 3.8) is 0 Å². The molecule has 3 nitrogen and oxygen atoms in total. The van der Waals surface area contributed by atoms with Gasteiger partial charge >= 0.3 is 0 Å². The van der Waals surface area contributed by atoms with Crippen LogP contribution in [0, 0.1) is 5.92 Å². The van der Waals surface area contributed by atoms with Crippen LogP contribution in [0.1, 0.15) is 20.3 Å². The summed E-state index contributed by atoms with van der Waals surface area (Å²) >= 11 is 0. The fourth-order valence-corrected chi connectivity index (χ4v) is 0.486. The summed E-state index contributed by atoms with van der Waals surface area (Å²) in [7, 11) is 0. The van der Waals surface area contributed by atoms with E-state index in [2.05, 4.69) is 0 Å². The lowest BCUT2D eigenvalue weighted by Crippen LogP contribution is -2.45. The van der Waals surface area contributed by atoms with E-state index in [1.165, 1.54) is 0 Å². The SMILES string of the molecule is CCC(C)C(N)C(=O)[O-]. The molecule has 0 radical (unpaired) electrons. The number of hydrogen-bond donors (Lipinski definition) is 1. The van der Waals surface area contributed by atoms with Crippen LogP contribution in [0.3, 0.4) is 0 Å². The molecule has 9 heavy (non-hydrogen) atoms. The zero-order valence-electron chi connectivity index (χ0n) is 5.76. The van der Waals surface area contributed by atoms with Crippen LogP contribution in [0.2, 0.25) is 0 Å². The van der Waals surface area contributed by atoms with Gasteiger partial charge in [-0.05, 0) is 5.92 Å². The molecule has 0 amide bonds. The number of hydrogen-bond acceptors (Lipinski definition) is 3. The second kappa shape index (κ2) is 3.45. The fraction of sp³-hybridized carbons (Fsp3) is 0.833. The standard InChI is InChI=1S/C6H13NO2/c1-3-4(2)5(7)6(8)9/h4-5H,3,7H2,1-2H3,(H,8,9)/p-1. The largest absolute Gasteiger partial charge is 0.548 e. The number of carboxylic acid groups (broad SMARTS) is 1. The number of carbonyl (C=O) groups excluding carboxylic acids is 1. The maximum Gasteiger partial charge on any atom is 0.0584 e. The van der Waals surface area contributed by atoms with Crippen LogP contribution < -0.4 is 10.8 Å². The fourth-order valence-electron chi connectivity index (χ4n) is 0.486. The van der Waals surface area contributed by atoms with Gasteiger partial charge in [0.25, 0.3) is 0 Å². The van der Waals surface area contributed by atoms with Gasteiger partial charge in [0, 0.05) is 6.04 Å². The molecule has 0 saturated heterocycles. The Bertz CT molecular complexity index is 103. The third-order valence-corrected chi connectivity index (χ3v) is 1.53. The Morgan fingerprint density at radius 3 is 2.33 bits per heavy atom. The predicted molar refractivity (Wildman–Crippen MR) is 32.4 cm³/mol. The minimum Gasteiger partial charge on any atom is -0.548 e. The van der Waals surface area contributed by atoms with Gasteiger partial charge in [0.15, 0.2) is 0 Å². The van der Waals surface area contributed by atoms with Crippen LogP contribution in [0.25, 0.3) is 0 Å². The van der Waals surface area contributed by atoms with Crippen LogP contribution in [-0.2, 0) is 4.79 Å². The maximum atomic E-state index is 10.1. The highest BCUT2D eigenvalue weighted by Gasteiger charge is 2.10. The highest BCUT2D eigenvalue weighted by atomic mass is 16.4. The lowest BCUT2D eigenvalue weighted by Gasteiger charge is -2.18. The summed E-state index contributed by atoms with van der Waals surface area (Å²) in [6.07, 6.45) is 0.773. The number of carboxylic acids is 1. The van der Waals surface area contributed by atoms with Crippen LogP contribution >= 0.6 is 0 Å². The summed E-state index contributed by atoms with van der Waals surface area (Å²) in [5.41, 5.74) is 5.21. The molecule has 3 heteroatoms. The lowest BCUT2D eigenvalue weighted by atomic mass is 10.0. The molecule has 0 spiro atoms. The van der Waals surface area contributed by atoms with Crippen molar-refractivity contribution in [2.75, 3.05) is 0 Å². The minimum absolute atomic E-state index is 0.00926. The predicted octanol–water partition coefficient (Wildman–Crippen LogP) is -0.890. The quantitative estimate of drug-likeness (QED) is 0.539. The Labute approximate surface area is 54.9 Å². The number of aliphatic carboxylic acids is 1. The molecular formula is C6H12NO2-. The molecule has 0 fully saturated rings. The van der Waals surface area contributed by atoms with Crippen molar-refractivity contribution in [3.05, 3.63) is 0 Å². The van der Waals surface area contributed by atoms with Crippen molar-refractivity contribution in [2.24, 2.45) is 11.7 Å². The van der Waals surface area contributed by atoms with Gasteiger partial charge in [-0.2, -0.15) is 0 Å². The second-order valence-corrected chi connectivity index (χ2v) is 2.23. The van der Waals surface area contributed by atoms with Crippen LogP contribution in [0.5, 0.6) is 0 Å². The minimum atomic E-state index is -1.16. The van der Waals surface area contributed by atoms with Crippen molar-refractivity contribution in [1.82, 2.24) is 0 Å². The molecule has 0 rings (SSSR count). The van der Waals surface area contributed by atoms with E-state index in [0.29, 0.717) is 0 Å². The molecule has 0 aromatic carbocycles. The Hall–Kier alpha value is -0.570. The molecule has 0 bridgehead atoms. The monoisotopic (exact) mass is 130 g/mol. The molecule has 0 saturated carbocycles.